The van der Waals surface area contributed by atoms with Gasteiger partial charge in [0.15, 0.2) is 0 Å². The van der Waals surface area contributed by atoms with Crippen LogP contribution in [0.2, 0.25) is 0 Å². The van der Waals surface area contributed by atoms with Crippen LogP contribution in [0.1, 0.15) is 11.3 Å². The van der Waals surface area contributed by atoms with E-state index in [4.69, 9.17) is 4.98 Å². The van der Waals surface area contributed by atoms with Gasteiger partial charge in [0.25, 0.3) is 0 Å². The molecule has 0 unspecified atom stereocenters. The number of halogens is 1. The van der Waals surface area contributed by atoms with Gasteiger partial charge in [-0.3, -0.25) is 19.7 Å². The molecule has 0 saturated carbocycles. The Hall–Kier alpha value is -3.61. The summed E-state index contributed by atoms with van der Waals surface area (Å²) in [6.07, 6.45) is 0.960. The van der Waals surface area contributed by atoms with Crippen molar-refractivity contribution < 1.29 is 4.79 Å². The van der Waals surface area contributed by atoms with E-state index in [9.17, 15) is 4.79 Å². The van der Waals surface area contributed by atoms with Crippen LogP contribution in [0, 0.1) is 6.92 Å². The highest BCUT2D eigenvalue weighted by Gasteiger charge is 2.20. The Kier molecular flexibility index (Phi) is 8.87. The number of para-hydroxylation sites is 1. The zero-order valence-electron chi connectivity index (χ0n) is 22.4. The second-order valence-electron chi connectivity index (χ2n) is 9.78. The molecule has 1 fully saturated rings. The van der Waals surface area contributed by atoms with Gasteiger partial charge >= 0.3 is 6.03 Å². The molecule has 0 atom stereocenters. The molecule has 1 aliphatic heterocycles. The number of hydrogen-bond donors (Lipinski definition) is 0. The van der Waals surface area contributed by atoms with Gasteiger partial charge in [-0.25, -0.2) is 4.79 Å². The third kappa shape index (κ3) is 6.09. The van der Waals surface area contributed by atoms with Crippen molar-refractivity contribution in [2.75, 3.05) is 61.5 Å². The van der Waals surface area contributed by atoms with Crippen LogP contribution < -0.4 is 14.7 Å². The standard InChI is InChI=1S/C31H35N5O.ClH/c1-24-15-16-28-29(32-24)13-8-14-30(28)36-21-19-35(20-22-36)18-17-25-9-7-12-27(23-25)34(3)31(37)33(2)26-10-5-4-6-11-26;/h4-16,23H,17-22H2,1-3H3;1H. The first-order chi connectivity index (χ1) is 18.0. The molecular weight excluding hydrogens is 494 g/mol. The number of carbonyl (C=O) groups excluding carboxylic acids is 1. The molecule has 5 rings (SSSR count). The highest BCUT2D eigenvalue weighted by Crippen LogP contribution is 2.27. The van der Waals surface area contributed by atoms with Crippen LogP contribution in [0.25, 0.3) is 10.9 Å². The topological polar surface area (TPSA) is 42.9 Å². The molecule has 2 heterocycles. The summed E-state index contributed by atoms with van der Waals surface area (Å²) in [5.41, 5.74) is 6.44. The summed E-state index contributed by atoms with van der Waals surface area (Å²) in [5, 5.41) is 1.23. The summed E-state index contributed by atoms with van der Waals surface area (Å²) < 4.78 is 0. The Morgan fingerprint density at radius 3 is 2.26 bits per heavy atom. The number of benzene rings is 3. The third-order valence-electron chi connectivity index (χ3n) is 7.29. The molecule has 2 amide bonds. The molecule has 0 bridgehead atoms. The summed E-state index contributed by atoms with van der Waals surface area (Å²) in [5.74, 6) is 0. The lowest BCUT2D eigenvalue weighted by molar-refractivity contribution is 0.253. The largest absolute Gasteiger partial charge is 0.368 e. The van der Waals surface area contributed by atoms with Crippen molar-refractivity contribution in [3.8, 4) is 0 Å². The predicted molar refractivity (Wildman–Crippen MR) is 161 cm³/mol. The molecule has 7 heteroatoms. The smallest absolute Gasteiger partial charge is 0.328 e. The maximum absolute atomic E-state index is 13.0. The predicted octanol–water partition coefficient (Wildman–Crippen LogP) is 6.02. The average Bonchev–Trinajstić information content (AvgIpc) is 2.95. The second kappa shape index (κ2) is 12.3. The van der Waals surface area contributed by atoms with Crippen molar-refractivity contribution in [1.29, 1.82) is 0 Å². The van der Waals surface area contributed by atoms with Gasteiger partial charge < -0.3 is 4.90 Å². The number of amides is 2. The van der Waals surface area contributed by atoms with Crippen LogP contribution in [0.15, 0.2) is 84.9 Å². The van der Waals surface area contributed by atoms with Gasteiger partial charge in [-0.05, 0) is 67.4 Å². The molecule has 38 heavy (non-hydrogen) atoms. The minimum absolute atomic E-state index is 0. The molecule has 0 aliphatic carbocycles. The van der Waals surface area contributed by atoms with Gasteiger partial charge in [-0.1, -0.05) is 36.4 Å². The first kappa shape index (κ1) is 27.4. The Morgan fingerprint density at radius 2 is 1.50 bits per heavy atom. The SMILES string of the molecule is Cc1ccc2c(N3CCN(CCc4cccc(N(C)C(=O)N(C)c5ccccc5)c4)CC3)cccc2n1.Cl. The van der Waals surface area contributed by atoms with E-state index in [0.717, 1.165) is 61.7 Å². The van der Waals surface area contributed by atoms with E-state index in [1.807, 2.05) is 63.5 Å². The number of aromatic nitrogens is 1. The molecule has 0 radical (unpaired) electrons. The Labute approximate surface area is 231 Å². The highest BCUT2D eigenvalue weighted by molar-refractivity contribution is 6.02. The number of anilines is 3. The molecule has 0 N–H and O–H groups in total. The number of nitrogens with zero attached hydrogens (tertiary/aromatic N) is 5. The minimum Gasteiger partial charge on any atom is -0.368 e. The summed E-state index contributed by atoms with van der Waals surface area (Å²) in [7, 11) is 3.65. The first-order valence-corrected chi connectivity index (χ1v) is 13.0. The maximum atomic E-state index is 13.0. The molecule has 1 aromatic heterocycles. The summed E-state index contributed by atoms with van der Waals surface area (Å²) in [4.78, 5) is 26.2. The van der Waals surface area contributed by atoms with E-state index in [1.165, 1.54) is 16.6 Å². The lowest BCUT2D eigenvalue weighted by Crippen LogP contribution is -2.47. The highest BCUT2D eigenvalue weighted by atomic mass is 35.5. The molecule has 3 aromatic carbocycles. The maximum Gasteiger partial charge on any atom is 0.328 e. The van der Waals surface area contributed by atoms with Crippen molar-refractivity contribution in [2.24, 2.45) is 0 Å². The van der Waals surface area contributed by atoms with Crippen molar-refractivity contribution in [2.45, 2.75) is 13.3 Å². The number of aryl methyl sites for hydroxylation is 1. The van der Waals surface area contributed by atoms with Gasteiger partial charge in [0, 0.05) is 75.0 Å². The number of piperazine rings is 1. The number of fused-ring (bicyclic) bond motifs is 1. The van der Waals surface area contributed by atoms with E-state index < -0.39 is 0 Å². The Balaban J connectivity index is 0.00000336. The van der Waals surface area contributed by atoms with Crippen LogP contribution in [0.4, 0.5) is 21.9 Å². The van der Waals surface area contributed by atoms with Gasteiger partial charge in [-0.2, -0.15) is 0 Å². The van der Waals surface area contributed by atoms with Crippen LogP contribution >= 0.6 is 12.4 Å². The monoisotopic (exact) mass is 529 g/mol. The molecule has 6 nitrogen and oxygen atoms in total. The molecule has 4 aromatic rings. The number of carbonyl (C=O) groups is 1. The minimum atomic E-state index is -0.0572. The van der Waals surface area contributed by atoms with E-state index in [-0.39, 0.29) is 18.4 Å². The quantitative estimate of drug-likeness (QED) is 0.306. The Morgan fingerprint density at radius 1 is 0.816 bits per heavy atom. The van der Waals surface area contributed by atoms with E-state index in [2.05, 4.69) is 52.3 Å². The van der Waals surface area contributed by atoms with Crippen molar-refractivity contribution in [3.05, 3.63) is 96.2 Å². The average molecular weight is 530 g/mol. The number of pyridine rings is 1. The zero-order chi connectivity index (χ0) is 25.8. The normalized spacial score (nSPS) is 13.7. The van der Waals surface area contributed by atoms with Gasteiger partial charge in [-0.15, -0.1) is 12.4 Å². The molecule has 1 aliphatic rings. The van der Waals surface area contributed by atoms with E-state index in [0.29, 0.717) is 0 Å². The number of rotatable bonds is 6. The lowest BCUT2D eigenvalue weighted by atomic mass is 10.1. The molecular formula is C31H36ClN5O. The fourth-order valence-electron chi connectivity index (χ4n) is 5.03. The van der Waals surface area contributed by atoms with Crippen LogP contribution in [0.5, 0.6) is 0 Å². The van der Waals surface area contributed by atoms with Crippen molar-refractivity contribution >= 4 is 46.4 Å². The fraction of sp³-hybridized carbons (Fsp3) is 0.290. The summed E-state index contributed by atoms with van der Waals surface area (Å²) in [6.45, 7) is 7.15. The van der Waals surface area contributed by atoms with Crippen LogP contribution in [-0.2, 0) is 6.42 Å². The number of hydrogen-bond acceptors (Lipinski definition) is 4. The van der Waals surface area contributed by atoms with Crippen LogP contribution in [0.3, 0.4) is 0 Å². The number of urea groups is 1. The van der Waals surface area contributed by atoms with Gasteiger partial charge in [0.1, 0.15) is 0 Å². The summed E-state index contributed by atoms with van der Waals surface area (Å²) in [6, 6.07) is 28.7. The van der Waals surface area contributed by atoms with Crippen molar-refractivity contribution in [3.63, 3.8) is 0 Å². The zero-order valence-corrected chi connectivity index (χ0v) is 23.2. The second-order valence-corrected chi connectivity index (χ2v) is 9.78. The fourth-order valence-corrected chi connectivity index (χ4v) is 5.03. The van der Waals surface area contributed by atoms with E-state index in [1.54, 1.807) is 9.80 Å². The van der Waals surface area contributed by atoms with Crippen LogP contribution in [-0.4, -0.2) is 62.7 Å². The molecule has 198 valence electrons. The third-order valence-corrected chi connectivity index (χ3v) is 7.29. The van der Waals surface area contributed by atoms with Gasteiger partial charge in [0.2, 0.25) is 0 Å². The van der Waals surface area contributed by atoms with Crippen molar-refractivity contribution in [1.82, 2.24) is 9.88 Å². The Bertz CT molecular complexity index is 1370. The van der Waals surface area contributed by atoms with Gasteiger partial charge in [0.05, 0.1) is 5.52 Å². The first-order valence-electron chi connectivity index (χ1n) is 13.0. The summed E-state index contributed by atoms with van der Waals surface area (Å²) >= 11 is 0. The lowest BCUT2D eigenvalue weighted by Gasteiger charge is -2.36. The molecule has 1 saturated heterocycles. The molecule has 0 spiro atoms. The van der Waals surface area contributed by atoms with E-state index >= 15 is 0 Å².